The summed E-state index contributed by atoms with van der Waals surface area (Å²) >= 11 is 0. The fourth-order valence-corrected chi connectivity index (χ4v) is 3.58. The van der Waals surface area contributed by atoms with Gasteiger partial charge >= 0.3 is 0 Å². The van der Waals surface area contributed by atoms with E-state index in [0.29, 0.717) is 23.0 Å². The number of nitrogens with zero attached hydrogens (tertiary/aromatic N) is 3. The quantitative estimate of drug-likeness (QED) is 0.849. The maximum Gasteiger partial charge on any atom is 0.254 e. The van der Waals surface area contributed by atoms with Gasteiger partial charge in [-0.05, 0) is 48.7 Å². The number of anilines is 1. The molecule has 6 heteroatoms. The number of hydrogen-bond donors (Lipinski definition) is 0. The molecule has 0 bridgehead atoms. The van der Waals surface area contributed by atoms with E-state index in [1.165, 1.54) is 5.56 Å². The lowest BCUT2D eigenvalue weighted by Crippen LogP contribution is -2.39. The Morgan fingerprint density at radius 1 is 1.19 bits per heavy atom. The number of likely N-dealkylation sites (tertiary alicyclic amines) is 1. The summed E-state index contributed by atoms with van der Waals surface area (Å²) in [5.74, 6) is 2.68. The van der Waals surface area contributed by atoms with Crippen molar-refractivity contribution < 1.29 is 14.3 Å². The van der Waals surface area contributed by atoms with Crippen LogP contribution < -0.4 is 14.4 Å². The van der Waals surface area contributed by atoms with Crippen molar-refractivity contribution in [2.24, 2.45) is 0 Å². The number of carbonyl (C=O) groups excluding carboxylic acids is 1. The summed E-state index contributed by atoms with van der Waals surface area (Å²) in [5, 5.41) is 0. The lowest BCUT2D eigenvalue weighted by Gasteiger charge is -2.33. The minimum absolute atomic E-state index is 0.0508. The van der Waals surface area contributed by atoms with E-state index in [1.807, 2.05) is 42.2 Å². The number of piperidine rings is 1. The third-order valence-corrected chi connectivity index (χ3v) is 5.03. The van der Waals surface area contributed by atoms with Crippen LogP contribution in [0.2, 0.25) is 0 Å². The highest BCUT2D eigenvalue weighted by Gasteiger charge is 2.27. The first-order valence-electron chi connectivity index (χ1n) is 8.94. The second-order valence-electron chi connectivity index (χ2n) is 7.00. The van der Waals surface area contributed by atoms with Crippen molar-refractivity contribution in [1.82, 2.24) is 9.88 Å². The molecule has 0 saturated carbocycles. The summed E-state index contributed by atoms with van der Waals surface area (Å²) in [6.07, 6.45) is 3.94. The topological polar surface area (TPSA) is 54.9 Å². The number of benzene rings is 1. The van der Waals surface area contributed by atoms with Gasteiger partial charge in [0.05, 0.1) is 0 Å². The molecule has 1 amide bonds. The fourth-order valence-electron chi connectivity index (χ4n) is 3.58. The van der Waals surface area contributed by atoms with E-state index in [0.717, 1.165) is 31.7 Å². The summed E-state index contributed by atoms with van der Waals surface area (Å²) < 4.78 is 10.7. The predicted octanol–water partition coefficient (Wildman–Crippen LogP) is 2.90. The van der Waals surface area contributed by atoms with Crippen molar-refractivity contribution in [3.8, 4) is 11.5 Å². The molecule has 0 radical (unpaired) electrons. The number of ether oxygens (including phenoxy) is 2. The molecule has 2 aromatic rings. The maximum atomic E-state index is 13.0. The summed E-state index contributed by atoms with van der Waals surface area (Å²) in [6.45, 7) is 1.73. The first kappa shape index (κ1) is 16.7. The van der Waals surface area contributed by atoms with Crippen LogP contribution in [0.1, 0.15) is 34.7 Å². The van der Waals surface area contributed by atoms with Crippen LogP contribution in [0, 0.1) is 0 Å². The van der Waals surface area contributed by atoms with Crippen molar-refractivity contribution in [2.45, 2.75) is 18.8 Å². The average molecular weight is 353 g/mol. The Morgan fingerprint density at radius 3 is 2.88 bits per heavy atom. The lowest BCUT2D eigenvalue weighted by molar-refractivity contribution is 0.0706. The van der Waals surface area contributed by atoms with Crippen LogP contribution >= 0.6 is 0 Å². The third kappa shape index (κ3) is 3.19. The summed E-state index contributed by atoms with van der Waals surface area (Å²) in [7, 11) is 3.98. The molecule has 26 heavy (non-hydrogen) atoms. The van der Waals surface area contributed by atoms with Gasteiger partial charge in [-0.3, -0.25) is 4.79 Å². The normalized spacial score (nSPS) is 18.7. The highest BCUT2D eigenvalue weighted by molar-refractivity contribution is 5.95. The molecule has 1 unspecified atom stereocenters. The van der Waals surface area contributed by atoms with E-state index >= 15 is 0 Å². The van der Waals surface area contributed by atoms with Gasteiger partial charge in [-0.1, -0.05) is 0 Å². The van der Waals surface area contributed by atoms with Gasteiger partial charge in [-0.2, -0.15) is 0 Å². The van der Waals surface area contributed by atoms with Crippen molar-refractivity contribution in [3.63, 3.8) is 0 Å². The van der Waals surface area contributed by atoms with Crippen LogP contribution in [0.4, 0.5) is 5.82 Å². The van der Waals surface area contributed by atoms with Gasteiger partial charge in [0.15, 0.2) is 11.5 Å². The van der Waals surface area contributed by atoms with Crippen LogP contribution in [0.25, 0.3) is 0 Å². The molecule has 1 atom stereocenters. The standard InChI is InChI=1S/C20H23N3O3/c1-22(2)19-11-14(7-8-21-19)16-4-3-9-23(12-16)20(24)15-5-6-17-18(10-15)26-13-25-17/h5-8,10-11,16H,3-4,9,12-13H2,1-2H3. The Hall–Kier alpha value is -2.76. The molecule has 136 valence electrons. The van der Waals surface area contributed by atoms with Crippen LogP contribution in [0.5, 0.6) is 11.5 Å². The van der Waals surface area contributed by atoms with Gasteiger partial charge < -0.3 is 19.3 Å². The van der Waals surface area contributed by atoms with E-state index in [1.54, 1.807) is 6.07 Å². The third-order valence-electron chi connectivity index (χ3n) is 5.03. The Balaban J connectivity index is 1.51. The minimum Gasteiger partial charge on any atom is -0.454 e. The van der Waals surface area contributed by atoms with Crippen LogP contribution in [-0.2, 0) is 0 Å². The lowest BCUT2D eigenvalue weighted by atomic mass is 9.90. The summed E-state index contributed by atoms with van der Waals surface area (Å²) in [5.41, 5.74) is 1.89. The first-order chi connectivity index (χ1) is 12.6. The van der Waals surface area contributed by atoms with E-state index in [2.05, 4.69) is 17.1 Å². The predicted molar refractivity (Wildman–Crippen MR) is 99.0 cm³/mol. The largest absolute Gasteiger partial charge is 0.454 e. The summed E-state index contributed by atoms with van der Waals surface area (Å²) in [6, 6.07) is 9.59. The number of rotatable bonds is 3. The summed E-state index contributed by atoms with van der Waals surface area (Å²) in [4.78, 5) is 21.3. The van der Waals surface area contributed by atoms with Gasteiger partial charge in [0.1, 0.15) is 5.82 Å². The Bertz CT molecular complexity index is 822. The molecule has 1 aromatic carbocycles. The molecule has 0 N–H and O–H groups in total. The van der Waals surface area contributed by atoms with E-state index < -0.39 is 0 Å². The van der Waals surface area contributed by atoms with Gasteiger partial charge in [0.2, 0.25) is 6.79 Å². The highest BCUT2D eigenvalue weighted by Crippen LogP contribution is 2.34. The van der Waals surface area contributed by atoms with Crippen molar-refractivity contribution in [3.05, 3.63) is 47.7 Å². The van der Waals surface area contributed by atoms with Crippen LogP contribution in [-0.4, -0.2) is 49.8 Å². The monoisotopic (exact) mass is 353 g/mol. The molecule has 0 spiro atoms. The number of carbonyl (C=O) groups is 1. The van der Waals surface area contributed by atoms with Gasteiger partial charge in [0.25, 0.3) is 5.91 Å². The molecule has 1 aromatic heterocycles. The van der Waals surface area contributed by atoms with Crippen LogP contribution in [0.15, 0.2) is 36.5 Å². The van der Waals surface area contributed by atoms with Gasteiger partial charge in [-0.25, -0.2) is 4.98 Å². The number of fused-ring (bicyclic) bond motifs is 1. The number of pyridine rings is 1. The second kappa shape index (κ2) is 6.86. The zero-order chi connectivity index (χ0) is 18.1. The SMILES string of the molecule is CN(C)c1cc(C2CCCN(C(=O)c3ccc4c(c3)OCO4)C2)ccn1. The Labute approximate surface area is 153 Å². The molecule has 0 aliphatic carbocycles. The Morgan fingerprint density at radius 2 is 2.04 bits per heavy atom. The van der Waals surface area contributed by atoms with Crippen molar-refractivity contribution in [1.29, 1.82) is 0 Å². The molecule has 6 nitrogen and oxygen atoms in total. The number of hydrogen-bond acceptors (Lipinski definition) is 5. The fraction of sp³-hybridized carbons (Fsp3) is 0.400. The first-order valence-corrected chi connectivity index (χ1v) is 8.94. The zero-order valence-corrected chi connectivity index (χ0v) is 15.1. The molecule has 3 heterocycles. The second-order valence-corrected chi connectivity index (χ2v) is 7.00. The van der Waals surface area contributed by atoms with E-state index in [-0.39, 0.29) is 12.7 Å². The molecule has 1 fully saturated rings. The number of aromatic nitrogens is 1. The average Bonchev–Trinajstić information content (AvgIpc) is 3.15. The molecule has 2 aliphatic heterocycles. The molecule has 1 saturated heterocycles. The highest BCUT2D eigenvalue weighted by atomic mass is 16.7. The zero-order valence-electron chi connectivity index (χ0n) is 15.1. The molecule has 2 aliphatic rings. The maximum absolute atomic E-state index is 13.0. The van der Waals surface area contributed by atoms with Gasteiger partial charge in [0, 0.05) is 44.9 Å². The minimum atomic E-state index is 0.0508. The smallest absolute Gasteiger partial charge is 0.254 e. The molecular weight excluding hydrogens is 330 g/mol. The Kier molecular flexibility index (Phi) is 4.41. The van der Waals surface area contributed by atoms with Gasteiger partial charge in [-0.15, -0.1) is 0 Å². The van der Waals surface area contributed by atoms with E-state index in [4.69, 9.17) is 9.47 Å². The van der Waals surface area contributed by atoms with E-state index in [9.17, 15) is 4.79 Å². The van der Waals surface area contributed by atoms with Crippen molar-refractivity contribution in [2.75, 3.05) is 38.9 Å². The molecular formula is C20H23N3O3. The van der Waals surface area contributed by atoms with Crippen molar-refractivity contribution >= 4 is 11.7 Å². The molecule has 4 rings (SSSR count). The number of amides is 1. The van der Waals surface area contributed by atoms with Crippen LogP contribution in [0.3, 0.4) is 0 Å².